The summed E-state index contributed by atoms with van der Waals surface area (Å²) in [5.41, 5.74) is 2.23. The van der Waals surface area contributed by atoms with Gasteiger partial charge in [0, 0.05) is 6.42 Å². The van der Waals surface area contributed by atoms with Crippen molar-refractivity contribution in [2.24, 2.45) is 0 Å². The first-order chi connectivity index (χ1) is 11.3. The van der Waals surface area contributed by atoms with E-state index in [1.54, 1.807) is 7.11 Å². The second kappa shape index (κ2) is 6.63. The number of allylic oxidation sites excluding steroid dienone is 1. The zero-order chi connectivity index (χ0) is 17.9. The van der Waals surface area contributed by atoms with E-state index in [0.29, 0.717) is 6.42 Å². The van der Waals surface area contributed by atoms with Gasteiger partial charge in [0.2, 0.25) is 0 Å². The Morgan fingerprint density at radius 3 is 2.58 bits per heavy atom. The van der Waals surface area contributed by atoms with E-state index in [1.807, 2.05) is 25.1 Å². The zero-order valence-electron chi connectivity index (χ0n) is 13.9. The first kappa shape index (κ1) is 17.4. The second-order valence-corrected chi connectivity index (χ2v) is 5.86. The van der Waals surface area contributed by atoms with Gasteiger partial charge in [0.15, 0.2) is 5.54 Å². The number of nitrogens with one attached hydrogen (secondary N) is 2. The summed E-state index contributed by atoms with van der Waals surface area (Å²) in [6.45, 7) is 9.92. The van der Waals surface area contributed by atoms with Crippen LogP contribution in [0, 0.1) is 12.3 Å². The number of benzene rings is 1. The topological polar surface area (TPSA) is 67.4 Å². The molecule has 1 aromatic rings. The van der Waals surface area contributed by atoms with Crippen molar-refractivity contribution in [1.82, 2.24) is 10.6 Å². The molecule has 1 unspecified atom stereocenters. The summed E-state index contributed by atoms with van der Waals surface area (Å²) >= 11 is 0. The summed E-state index contributed by atoms with van der Waals surface area (Å²) < 4.78 is 5.24. The van der Waals surface area contributed by atoms with Gasteiger partial charge in [-0.15, -0.1) is 6.42 Å². The standard InChI is InChI=1S/C19H20N2O3/c1-6-19(17(22)20-18(23)21-19)11-13(4)9-14-7-8-15(24-5)10-16(14)12(2)3/h1,7-8,10H,2,4,9,11H2,3,5H3,(H2,20,21,22,23). The first-order valence-electron chi connectivity index (χ1n) is 7.42. The van der Waals surface area contributed by atoms with Crippen molar-refractivity contribution < 1.29 is 14.3 Å². The predicted molar refractivity (Wildman–Crippen MR) is 93.4 cm³/mol. The number of urea groups is 1. The average Bonchev–Trinajstić information content (AvgIpc) is 2.81. The lowest BCUT2D eigenvalue weighted by molar-refractivity contribution is -0.122. The molecule has 1 saturated heterocycles. The van der Waals surface area contributed by atoms with Crippen molar-refractivity contribution in [1.29, 1.82) is 0 Å². The van der Waals surface area contributed by atoms with E-state index in [0.717, 1.165) is 28.0 Å². The molecule has 2 N–H and O–H groups in total. The lowest BCUT2D eigenvalue weighted by Gasteiger charge is -2.21. The molecule has 1 aliphatic heterocycles. The number of ether oxygens (including phenoxy) is 1. The van der Waals surface area contributed by atoms with Crippen LogP contribution in [0.4, 0.5) is 4.79 Å². The quantitative estimate of drug-likeness (QED) is 0.480. The van der Waals surface area contributed by atoms with Gasteiger partial charge in [-0.3, -0.25) is 10.1 Å². The van der Waals surface area contributed by atoms with Gasteiger partial charge in [0.25, 0.3) is 5.91 Å². The van der Waals surface area contributed by atoms with Crippen LogP contribution in [0.25, 0.3) is 5.57 Å². The maximum Gasteiger partial charge on any atom is 0.323 e. The molecule has 0 aromatic heterocycles. The highest BCUT2D eigenvalue weighted by Crippen LogP contribution is 2.28. The van der Waals surface area contributed by atoms with Gasteiger partial charge in [-0.05, 0) is 36.6 Å². The largest absolute Gasteiger partial charge is 0.497 e. The van der Waals surface area contributed by atoms with Crippen LogP contribution in [-0.4, -0.2) is 24.6 Å². The van der Waals surface area contributed by atoms with E-state index in [9.17, 15) is 9.59 Å². The highest BCUT2D eigenvalue weighted by atomic mass is 16.5. The Bertz CT molecular complexity index is 773. The molecule has 5 nitrogen and oxygen atoms in total. The molecule has 1 aliphatic rings. The molecule has 24 heavy (non-hydrogen) atoms. The number of carbonyl (C=O) groups is 2. The maximum absolute atomic E-state index is 12.0. The third-order valence-corrected chi connectivity index (χ3v) is 3.92. The fourth-order valence-electron chi connectivity index (χ4n) is 2.71. The number of imide groups is 1. The summed E-state index contributed by atoms with van der Waals surface area (Å²) in [7, 11) is 1.61. The summed E-state index contributed by atoms with van der Waals surface area (Å²) in [6.07, 6.45) is 6.16. The van der Waals surface area contributed by atoms with Gasteiger partial charge < -0.3 is 10.1 Å². The minimum atomic E-state index is -1.37. The second-order valence-electron chi connectivity index (χ2n) is 5.86. The van der Waals surface area contributed by atoms with E-state index < -0.39 is 17.5 Å². The number of hydrogen-bond acceptors (Lipinski definition) is 3. The van der Waals surface area contributed by atoms with Crippen LogP contribution in [0.1, 0.15) is 24.5 Å². The number of hydrogen-bond donors (Lipinski definition) is 2. The van der Waals surface area contributed by atoms with E-state index in [2.05, 4.69) is 29.7 Å². The van der Waals surface area contributed by atoms with E-state index >= 15 is 0 Å². The van der Waals surface area contributed by atoms with Crippen LogP contribution in [0.3, 0.4) is 0 Å². The van der Waals surface area contributed by atoms with E-state index in [-0.39, 0.29) is 6.42 Å². The molecule has 5 heteroatoms. The molecular formula is C19H20N2O3. The normalized spacial score (nSPS) is 19.2. The van der Waals surface area contributed by atoms with Crippen LogP contribution in [0.15, 0.2) is 36.9 Å². The van der Waals surface area contributed by atoms with Gasteiger partial charge in [0.1, 0.15) is 5.75 Å². The molecule has 0 saturated carbocycles. The molecule has 0 spiro atoms. The molecule has 3 amide bonds. The van der Waals surface area contributed by atoms with Gasteiger partial charge in [-0.25, -0.2) is 4.79 Å². The lowest BCUT2D eigenvalue weighted by Crippen LogP contribution is -2.45. The summed E-state index contributed by atoms with van der Waals surface area (Å²) in [6, 6.07) is 5.11. The Hall–Kier alpha value is -3.00. The predicted octanol–water partition coefficient (Wildman–Crippen LogP) is 2.43. The van der Waals surface area contributed by atoms with E-state index in [4.69, 9.17) is 11.2 Å². The average molecular weight is 324 g/mol. The number of terminal acetylenes is 1. The fraction of sp³-hybridized carbons (Fsp3) is 0.263. The Kier molecular flexibility index (Phi) is 4.79. The number of carbonyl (C=O) groups excluding carboxylic acids is 2. The van der Waals surface area contributed by atoms with E-state index in [1.165, 1.54) is 0 Å². The molecule has 1 heterocycles. The SMILES string of the molecule is C#CC1(CC(=C)Cc2ccc(OC)cc2C(=C)C)NC(=O)NC1=O. The van der Waals surface area contributed by atoms with Crippen LogP contribution >= 0.6 is 0 Å². The van der Waals surface area contributed by atoms with Crippen LogP contribution in [-0.2, 0) is 11.2 Å². The summed E-state index contributed by atoms with van der Waals surface area (Å²) in [4.78, 5) is 23.4. The Labute approximate surface area is 141 Å². The van der Waals surface area contributed by atoms with Crippen molar-refractivity contribution in [3.05, 3.63) is 48.1 Å². The van der Waals surface area contributed by atoms with Crippen LogP contribution in [0.5, 0.6) is 5.75 Å². The minimum Gasteiger partial charge on any atom is -0.497 e. The highest BCUT2D eigenvalue weighted by molar-refractivity contribution is 6.09. The number of methoxy groups -OCH3 is 1. The molecule has 124 valence electrons. The van der Waals surface area contributed by atoms with Gasteiger partial charge in [0.05, 0.1) is 7.11 Å². The molecule has 1 atom stereocenters. The zero-order valence-corrected chi connectivity index (χ0v) is 13.9. The van der Waals surface area contributed by atoms with Gasteiger partial charge in [-0.2, -0.15) is 0 Å². The molecule has 2 rings (SSSR count). The summed E-state index contributed by atoms with van der Waals surface area (Å²) in [5, 5.41) is 4.67. The van der Waals surface area contributed by atoms with Crippen molar-refractivity contribution in [2.75, 3.05) is 7.11 Å². The summed E-state index contributed by atoms with van der Waals surface area (Å²) in [5.74, 6) is 2.61. The Morgan fingerprint density at radius 2 is 2.08 bits per heavy atom. The fourth-order valence-corrected chi connectivity index (χ4v) is 2.71. The van der Waals surface area contributed by atoms with Gasteiger partial charge in [-0.1, -0.05) is 36.3 Å². The van der Waals surface area contributed by atoms with Crippen molar-refractivity contribution in [2.45, 2.75) is 25.3 Å². The minimum absolute atomic E-state index is 0.169. The Balaban J connectivity index is 2.21. The van der Waals surface area contributed by atoms with Crippen molar-refractivity contribution >= 4 is 17.5 Å². The monoisotopic (exact) mass is 324 g/mol. The Morgan fingerprint density at radius 1 is 1.38 bits per heavy atom. The number of amides is 3. The molecular weight excluding hydrogens is 304 g/mol. The molecule has 0 bridgehead atoms. The van der Waals surface area contributed by atoms with Crippen LogP contribution < -0.4 is 15.4 Å². The van der Waals surface area contributed by atoms with Gasteiger partial charge >= 0.3 is 6.03 Å². The molecule has 0 aliphatic carbocycles. The smallest absolute Gasteiger partial charge is 0.323 e. The lowest BCUT2D eigenvalue weighted by atomic mass is 9.88. The molecule has 0 radical (unpaired) electrons. The van der Waals surface area contributed by atoms with Crippen LogP contribution in [0.2, 0.25) is 0 Å². The molecule has 1 fully saturated rings. The highest BCUT2D eigenvalue weighted by Gasteiger charge is 2.45. The third-order valence-electron chi connectivity index (χ3n) is 3.92. The number of rotatable bonds is 6. The first-order valence-corrected chi connectivity index (χ1v) is 7.42. The van der Waals surface area contributed by atoms with Crippen molar-refractivity contribution in [3.8, 4) is 18.1 Å². The maximum atomic E-state index is 12.0. The molecule has 1 aromatic carbocycles. The third kappa shape index (κ3) is 3.33. The van der Waals surface area contributed by atoms with Crippen molar-refractivity contribution in [3.63, 3.8) is 0 Å².